The number of nitrogens with zero attached hydrogens (tertiary/aromatic N) is 1. The SMILES string of the molecule is CCCNC(CCO)CN1CCOCC1C. The van der Waals surface area contributed by atoms with Crippen LogP contribution in [0.2, 0.25) is 0 Å². The fourth-order valence-corrected chi connectivity index (χ4v) is 2.08. The molecule has 1 aliphatic heterocycles. The van der Waals surface area contributed by atoms with Gasteiger partial charge in [-0.25, -0.2) is 0 Å². The molecule has 0 aliphatic carbocycles. The minimum atomic E-state index is 0.264. The van der Waals surface area contributed by atoms with Gasteiger partial charge in [-0.15, -0.1) is 0 Å². The van der Waals surface area contributed by atoms with Crippen molar-refractivity contribution >= 4 is 0 Å². The second-order valence-corrected chi connectivity index (χ2v) is 4.58. The van der Waals surface area contributed by atoms with E-state index in [2.05, 4.69) is 24.1 Å². The van der Waals surface area contributed by atoms with Crippen LogP contribution in [-0.4, -0.2) is 61.5 Å². The minimum absolute atomic E-state index is 0.264. The maximum Gasteiger partial charge on any atom is 0.0619 e. The van der Waals surface area contributed by atoms with Gasteiger partial charge in [0.15, 0.2) is 0 Å². The topological polar surface area (TPSA) is 44.7 Å². The predicted molar refractivity (Wildman–Crippen MR) is 65.6 cm³/mol. The first kappa shape index (κ1) is 13.9. The second-order valence-electron chi connectivity index (χ2n) is 4.58. The lowest BCUT2D eigenvalue weighted by Gasteiger charge is -2.36. The number of aliphatic hydroxyl groups is 1. The zero-order valence-corrected chi connectivity index (χ0v) is 10.6. The number of nitrogens with one attached hydrogen (secondary N) is 1. The third-order valence-electron chi connectivity index (χ3n) is 3.12. The van der Waals surface area contributed by atoms with Gasteiger partial charge in [-0.3, -0.25) is 4.90 Å². The molecule has 0 saturated carbocycles. The average molecular weight is 230 g/mol. The molecule has 0 aromatic carbocycles. The second kappa shape index (κ2) is 8.01. The summed E-state index contributed by atoms with van der Waals surface area (Å²) < 4.78 is 5.42. The van der Waals surface area contributed by atoms with E-state index in [1.165, 1.54) is 0 Å². The van der Waals surface area contributed by atoms with Crippen LogP contribution in [0.15, 0.2) is 0 Å². The van der Waals surface area contributed by atoms with Crippen molar-refractivity contribution in [3.05, 3.63) is 0 Å². The Bertz CT molecular complexity index is 178. The van der Waals surface area contributed by atoms with E-state index in [9.17, 15) is 0 Å². The lowest BCUT2D eigenvalue weighted by Crippen LogP contribution is -2.50. The molecule has 1 saturated heterocycles. The van der Waals surface area contributed by atoms with Crippen LogP contribution >= 0.6 is 0 Å². The highest BCUT2D eigenvalue weighted by Gasteiger charge is 2.21. The van der Waals surface area contributed by atoms with Gasteiger partial charge >= 0.3 is 0 Å². The summed E-state index contributed by atoms with van der Waals surface area (Å²) in [6, 6.07) is 0.906. The van der Waals surface area contributed by atoms with Gasteiger partial charge in [0.05, 0.1) is 13.2 Å². The van der Waals surface area contributed by atoms with Gasteiger partial charge in [0.2, 0.25) is 0 Å². The van der Waals surface area contributed by atoms with Crippen LogP contribution < -0.4 is 5.32 Å². The zero-order chi connectivity index (χ0) is 11.8. The van der Waals surface area contributed by atoms with Crippen molar-refractivity contribution in [3.8, 4) is 0 Å². The highest BCUT2D eigenvalue weighted by atomic mass is 16.5. The predicted octanol–water partition coefficient (Wildman–Crippen LogP) is 0.458. The molecule has 16 heavy (non-hydrogen) atoms. The molecule has 96 valence electrons. The molecule has 4 nitrogen and oxygen atoms in total. The van der Waals surface area contributed by atoms with E-state index in [1.807, 2.05) is 0 Å². The number of ether oxygens (including phenoxy) is 1. The average Bonchev–Trinajstić information content (AvgIpc) is 2.29. The zero-order valence-electron chi connectivity index (χ0n) is 10.6. The first-order valence-electron chi connectivity index (χ1n) is 6.44. The summed E-state index contributed by atoms with van der Waals surface area (Å²) >= 11 is 0. The van der Waals surface area contributed by atoms with Crippen molar-refractivity contribution in [1.29, 1.82) is 0 Å². The van der Waals surface area contributed by atoms with E-state index >= 15 is 0 Å². The van der Waals surface area contributed by atoms with Gasteiger partial charge in [0, 0.05) is 31.8 Å². The van der Waals surface area contributed by atoms with Crippen molar-refractivity contribution in [3.63, 3.8) is 0 Å². The lowest BCUT2D eigenvalue weighted by molar-refractivity contribution is -0.00538. The van der Waals surface area contributed by atoms with Gasteiger partial charge in [-0.1, -0.05) is 6.92 Å². The summed E-state index contributed by atoms with van der Waals surface area (Å²) in [6.07, 6.45) is 1.98. The molecule has 1 rings (SSSR count). The molecular weight excluding hydrogens is 204 g/mol. The smallest absolute Gasteiger partial charge is 0.0619 e. The Labute approximate surface area is 99.0 Å². The summed E-state index contributed by atoms with van der Waals surface area (Å²) in [4.78, 5) is 2.45. The third-order valence-corrected chi connectivity index (χ3v) is 3.12. The molecule has 0 aromatic heterocycles. The van der Waals surface area contributed by atoms with Crippen LogP contribution in [0.5, 0.6) is 0 Å². The molecule has 0 bridgehead atoms. The fraction of sp³-hybridized carbons (Fsp3) is 1.00. The molecular formula is C12H26N2O2. The van der Waals surface area contributed by atoms with Crippen molar-refractivity contribution in [1.82, 2.24) is 10.2 Å². The van der Waals surface area contributed by atoms with E-state index in [4.69, 9.17) is 9.84 Å². The Balaban J connectivity index is 2.33. The van der Waals surface area contributed by atoms with E-state index < -0.39 is 0 Å². The minimum Gasteiger partial charge on any atom is -0.396 e. The Morgan fingerprint density at radius 1 is 1.56 bits per heavy atom. The van der Waals surface area contributed by atoms with E-state index in [1.54, 1.807) is 0 Å². The number of hydrogen-bond donors (Lipinski definition) is 2. The Morgan fingerprint density at radius 3 is 3.00 bits per heavy atom. The Hall–Kier alpha value is -0.160. The van der Waals surface area contributed by atoms with Crippen LogP contribution in [0.25, 0.3) is 0 Å². The first-order valence-corrected chi connectivity index (χ1v) is 6.44. The normalized spacial score (nSPS) is 24.6. The molecule has 0 aromatic rings. The highest BCUT2D eigenvalue weighted by Crippen LogP contribution is 2.08. The summed E-state index contributed by atoms with van der Waals surface area (Å²) in [5.74, 6) is 0. The molecule has 1 aliphatic rings. The molecule has 1 fully saturated rings. The Kier molecular flexibility index (Phi) is 6.96. The standard InChI is InChI=1S/C12H26N2O2/c1-3-5-13-12(4-7-15)9-14-6-8-16-10-11(14)2/h11-13,15H,3-10H2,1-2H3. The molecule has 1 heterocycles. The summed E-state index contributed by atoms with van der Waals surface area (Å²) in [5, 5.41) is 12.5. The van der Waals surface area contributed by atoms with Crippen molar-refractivity contribution in [2.75, 3.05) is 39.5 Å². The maximum absolute atomic E-state index is 9.05. The van der Waals surface area contributed by atoms with Gasteiger partial charge in [-0.2, -0.15) is 0 Å². The Morgan fingerprint density at radius 2 is 2.38 bits per heavy atom. The summed E-state index contributed by atoms with van der Waals surface area (Å²) in [6.45, 7) is 9.37. The fourth-order valence-electron chi connectivity index (χ4n) is 2.08. The maximum atomic E-state index is 9.05. The molecule has 2 atom stereocenters. The van der Waals surface area contributed by atoms with E-state index in [0.29, 0.717) is 12.1 Å². The molecule has 0 radical (unpaired) electrons. The van der Waals surface area contributed by atoms with Crippen LogP contribution in [0.4, 0.5) is 0 Å². The van der Waals surface area contributed by atoms with Crippen LogP contribution in [-0.2, 0) is 4.74 Å². The largest absolute Gasteiger partial charge is 0.396 e. The van der Waals surface area contributed by atoms with Gasteiger partial charge in [-0.05, 0) is 26.3 Å². The summed E-state index contributed by atoms with van der Waals surface area (Å²) in [7, 11) is 0. The quantitative estimate of drug-likeness (QED) is 0.667. The lowest BCUT2D eigenvalue weighted by atomic mass is 10.1. The molecule has 0 spiro atoms. The highest BCUT2D eigenvalue weighted by molar-refractivity contribution is 4.77. The van der Waals surface area contributed by atoms with Crippen molar-refractivity contribution in [2.24, 2.45) is 0 Å². The van der Waals surface area contributed by atoms with Gasteiger partial charge in [0.25, 0.3) is 0 Å². The number of morpholine rings is 1. The van der Waals surface area contributed by atoms with Gasteiger partial charge in [0.1, 0.15) is 0 Å². The van der Waals surface area contributed by atoms with Crippen molar-refractivity contribution in [2.45, 2.75) is 38.8 Å². The summed E-state index contributed by atoms with van der Waals surface area (Å²) in [5.41, 5.74) is 0. The van der Waals surface area contributed by atoms with E-state index in [0.717, 1.165) is 45.7 Å². The van der Waals surface area contributed by atoms with Crippen molar-refractivity contribution < 1.29 is 9.84 Å². The van der Waals surface area contributed by atoms with Crippen LogP contribution in [0.1, 0.15) is 26.7 Å². The van der Waals surface area contributed by atoms with Crippen LogP contribution in [0.3, 0.4) is 0 Å². The first-order chi connectivity index (χ1) is 7.77. The molecule has 2 N–H and O–H groups in total. The van der Waals surface area contributed by atoms with Crippen LogP contribution in [0, 0.1) is 0 Å². The van der Waals surface area contributed by atoms with Gasteiger partial charge < -0.3 is 15.2 Å². The number of rotatable bonds is 7. The molecule has 0 amide bonds. The van der Waals surface area contributed by atoms with E-state index in [-0.39, 0.29) is 6.61 Å². The number of hydrogen-bond acceptors (Lipinski definition) is 4. The number of aliphatic hydroxyl groups excluding tert-OH is 1. The monoisotopic (exact) mass is 230 g/mol. The molecule has 2 unspecified atom stereocenters. The third kappa shape index (κ3) is 4.78. The molecule has 4 heteroatoms.